The topological polar surface area (TPSA) is 50.9 Å². The molecule has 0 amide bonds. The Hall–Kier alpha value is -1.29. The molecule has 0 aliphatic heterocycles. The Balaban J connectivity index is 1.77. The molecule has 1 saturated carbocycles. The summed E-state index contributed by atoms with van der Waals surface area (Å²) in [5, 5.41) is 4.64. The summed E-state index contributed by atoms with van der Waals surface area (Å²) in [7, 11) is 0. The Labute approximate surface area is 118 Å². The van der Waals surface area contributed by atoms with Crippen LogP contribution in [-0.4, -0.2) is 11.0 Å². The summed E-state index contributed by atoms with van der Waals surface area (Å²) >= 11 is 1.70. The average molecular weight is 275 g/mol. The lowest BCUT2D eigenvalue weighted by molar-refractivity contribution is 0.229. The second kappa shape index (κ2) is 4.67. The van der Waals surface area contributed by atoms with Gasteiger partial charge in [-0.3, -0.25) is 0 Å². The lowest BCUT2D eigenvalue weighted by atomic mass is 9.75. The van der Waals surface area contributed by atoms with E-state index in [1.807, 2.05) is 18.2 Å². The number of hydrogen-bond donors (Lipinski definition) is 2. The Morgan fingerprint density at radius 3 is 3.05 bits per heavy atom. The van der Waals surface area contributed by atoms with Crippen LogP contribution in [-0.2, 0) is 0 Å². The summed E-state index contributed by atoms with van der Waals surface area (Å²) in [4.78, 5) is 4.65. The zero-order valence-corrected chi connectivity index (χ0v) is 12.4. The van der Waals surface area contributed by atoms with Gasteiger partial charge in [-0.15, -0.1) is 0 Å². The van der Waals surface area contributed by atoms with Crippen LogP contribution in [0.4, 0.5) is 10.8 Å². The molecule has 0 radical (unpaired) electrons. The smallest absolute Gasteiger partial charge is 0.184 e. The van der Waals surface area contributed by atoms with Crippen molar-refractivity contribution in [2.45, 2.75) is 45.6 Å². The number of nitrogens with zero attached hydrogens (tertiary/aromatic N) is 1. The van der Waals surface area contributed by atoms with E-state index in [1.54, 1.807) is 11.3 Å². The first-order valence-corrected chi connectivity index (χ1v) is 7.76. The van der Waals surface area contributed by atoms with E-state index in [9.17, 15) is 0 Å². The molecule has 0 saturated heterocycles. The molecule has 19 heavy (non-hydrogen) atoms. The maximum absolute atomic E-state index is 5.81. The Kier molecular flexibility index (Phi) is 3.13. The third kappa shape index (κ3) is 2.84. The first-order valence-electron chi connectivity index (χ1n) is 6.94. The van der Waals surface area contributed by atoms with Gasteiger partial charge in [0.15, 0.2) is 5.13 Å². The van der Waals surface area contributed by atoms with Gasteiger partial charge in [0.25, 0.3) is 0 Å². The Bertz CT molecular complexity index is 588. The molecule has 1 atom stereocenters. The van der Waals surface area contributed by atoms with Crippen LogP contribution in [0.5, 0.6) is 0 Å². The van der Waals surface area contributed by atoms with Crippen LogP contribution in [0, 0.1) is 5.41 Å². The third-order valence-electron chi connectivity index (χ3n) is 3.95. The van der Waals surface area contributed by atoms with Crippen molar-refractivity contribution in [3.05, 3.63) is 18.2 Å². The van der Waals surface area contributed by atoms with Crippen molar-refractivity contribution in [2.75, 3.05) is 11.1 Å². The van der Waals surface area contributed by atoms with E-state index in [2.05, 4.69) is 24.1 Å². The minimum absolute atomic E-state index is 0.455. The van der Waals surface area contributed by atoms with Crippen molar-refractivity contribution in [3.63, 3.8) is 0 Å². The molecule has 1 aliphatic carbocycles. The number of fused-ring (bicyclic) bond motifs is 1. The van der Waals surface area contributed by atoms with Gasteiger partial charge in [-0.25, -0.2) is 4.98 Å². The zero-order valence-electron chi connectivity index (χ0n) is 11.6. The highest BCUT2D eigenvalue weighted by molar-refractivity contribution is 7.22. The minimum Gasteiger partial charge on any atom is -0.399 e. The summed E-state index contributed by atoms with van der Waals surface area (Å²) in [5.74, 6) is 0. The lowest BCUT2D eigenvalue weighted by Crippen LogP contribution is -2.31. The van der Waals surface area contributed by atoms with Crippen LogP contribution in [0.1, 0.15) is 39.5 Å². The summed E-state index contributed by atoms with van der Waals surface area (Å²) in [6, 6.07) is 6.47. The van der Waals surface area contributed by atoms with E-state index >= 15 is 0 Å². The Morgan fingerprint density at radius 2 is 2.26 bits per heavy atom. The first kappa shape index (κ1) is 12.7. The molecule has 2 aromatic rings. The van der Waals surface area contributed by atoms with Gasteiger partial charge in [0.1, 0.15) is 0 Å². The maximum Gasteiger partial charge on any atom is 0.184 e. The van der Waals surface area contributed by atoms with Crippen molar-refractivity contribution in [1.82, 2.24) is 4.98 Å². The van der Waals surface area contributed by atoms with Gasteiger partial charge >= 0.3 is 0 Å². The van der Waals surface area contributed by atoms with Gasteiger partial charge in [-0.1, -0.05) is 31.6 Å². The van der Waals surface area contributed by atoms with Crippen molar-refractivity contribution < 1.29 is 0 Å². The molecule has 1 heterocycles. The molecule has 1 aromatic carbocycles. The highest BCUT2D eigenvalue weighted by Gasteiger charge is 2.28. The molecule has 4 heteroatoms. The number of anilines is 2. The van der Waals surface area contributed by atoms with Crippen molar-refractivity contribution in [1.29, 1.82) is 0 Å². The quantitative estimate of drug-likeness (QED) is 0.805. The lowest BCUT2D eigenvalue weighted by Gasteiger charge is -2.35. The number of hydrogen-bond acceptors (Lipinski definition) is 4. The monoisotopic (exact) mass is 275 g/mol. The van der Waals surface area contributed by atoms with E-state index in [0.717, 1.165) is 21.0 Å². The maximum atomic E-state index is 5.81. The second-order valence-electron chi connectivity index (χ2n) is 6.35. The average Bonchev–Trinajstić information content (AvgIpc) is 2.68. The fourth-order valence-corrected chi connectivity index (χ4v) is 3.99. The number of nitrogen functional groups attached to an aromatic ring is 1. The molecule has 1 aromatic heterocycles. The van der Waals surface area contributed by atoms with E-state index in [0.29, 0.717) is 11.5 Å². The van der Waals surface area contributed by atoms with Gasteiger partial charge in [0, 0.05) is 11.7 Å². The van der Waals surface area contributed by atoms with Crippen LogP contribution < -0.4 is 11.1 Å². The molecule has 1 aliphatic rings. The van der Waals surface area contributed by atoms with Crippen LogP contribution in [0.25, 0.3) is 10.2 Å². The second-order valence-corrected chi connectivity index (χ2v) is 7.38. The zero-order chi connectivity index (χ0) is 13.5. The molecule has 0 bridgehead atoms. The number of benzene rings is 1. The van der Waals surface area contributed by atoms with Gasteiger partial charge in [-0.05, 0) is 42.9 Å². The number of aromatic nitrogens is 1. The van der Waals surface area contributed by atoms with E-state index in [4.69, 9.17) is 5.73 Å². The highest BCUT2D eigenvalue weighted by atomic mass is 32.1. The SMILES string of the molecule is CC1(C)CCCC(Nc2nc3ccc(N)cc3s2)C1. The molecule has 1 fully saturated rings. The highest BCUT2D eigenvalue weighted by Crippen LogP contribution is 2.37. The third-order valence-corrected chi connectivity index (χ3v) is 4.89. The summed E-state index contributed by atoms with van der Waals surface area (Å²) < 4.78 is 1.16. The van der Waals surface area contributed by atoms with E-state index < -0.39 is 0 Å². The molecule has 1 unspecified atom stereocenters. The number of thiazole rings is 1. The van der Waals surface area contributed by atoms with Crippen molar-refractivity contribution in [3.8, 4) is 0 Å². The summed E-state index contributed by atoms with van der Waals surface area (Å²) in [6.45, 7) is 4.72. The van der Waals surface area contributed by atoms with Gasteiger partial charge in [0.05, 0.1) is 10.2 Å². The number of rotatable bonds is 2. The van der Waals surface area contributed by atoms with Gasteiger partial charge in [-0.2, -0.15) is 0 Å². The van der Waals surface area contributed by atoms with Crippen molar-refractivity contribution in [2.24, 2.45) is 5.41 Å². The van der Waals surface area contributed by atoms with Crippen LogP contribution in [0.2, 0.25) is 0 Å². The van der Waals surface area contributed by atoms with Crippen LogP contribution in [0.15, 0.2) is 18.2 Å². The number of nitrogens with one attached hydrogen (secondary N) is 1. The fourth-order valence-electron chi connectivity index (χ4n) is 3.00. The standard InChI is InChI=1S/C15H21N3S/c1-15(2)7-3-4-11(9-15)17-14-18-12-6-5-10(16)8-13(12)19-14/h5-6,8,11H,3-4,7,9,16H2,1-2H3,(H,17,18). The van der Waals surface area contributed by atoms with Crippen molar-refractivity contribution >= 4 is 32.4 Å². The largest absolute Gasteiger partial charge is 0.399 e. The fraction of sp³-hybridized carbons (Fsp3) is 0.533. The molecule has 3 nitrogen and oxygen atoms in total. The molecule has 3 rings (SSSR count). The first-order chi connectivity index (χ1) is 9.02. The van der Waals surface area contributed by atoms with Crippen LogP contribution in [0.3, 0.4) is 0 Å². The molecular weight excluding hydrogens is 254 g/mol. The van der Waals surface area contributed by atoms with Gasteiger partial charge in [0.2, 0.25) is 0 Å². The molecule has 0 spiro atoms. The summed E-state index contributed by atoms with van der Waals surface area (Å²) in [5.41, 5.74) is 8.11. The summed E-state index contributed by atoms with van der Waals surface area (Å²) in [6.07, 6.45) is 5.12. The molecule has 102 valence electrons. The molecular formula is C15H21N3S. The van der Waals surface area contributed by atoms with Crippen LogP contribution >= 0.6 is 11.3 Å². The normalized spacial score (nSPS) is 22.5. The predicted octanol–water partition coefficient (Wildman–Crippen LogP) is 4.26. The number of nitrogens with two attached hydrogens (primary N) is 1. The minimum atomic E-state index is 0.455. The van der Waals surface area contributed by atoms with E-state index in [1.165, 1.54) is 25.7 Å². The molecule has 3 N–H and O–H groups in total. The Morgan fingerprint density at radius 1 is 1.42 bits per heavy atom. The van der Waals surface area contributed by atoms with E-state index in [-0.39, 0.29) is 0 Å². The van der Waals surface area contributed by atoms with Gasteiger partial charge < -0.3 is 11.1 Å². The predicted molar refractivity (Wildman–Crippen MR) is 83.7 cm³/mol.